The van der Waals surface area contributed by atoms with Crippen molar-refractivity contribution in [2.24, 2.45) is 0 Å². The van der Waals surface area contributed by atoms with Crippen LogP contribution in [0.4, 0.5) is 4.79 Å². The molecule has 6 nitrogen and oxygen atoms in total. The zero-order valence-electron chi connectivity index (χ0n) is 10.2. The summed E-state index contributed by atoms with van der Waals surface area (Å²) in [5, 5.41) is 8.94. The van der Waals surface area contributed by atoms with Crippen molar-refractivity contribution >= 4 is 16.1 Å². The van der Waals surface area contributed by atoms with Gasteiger partial charge in [-0.1, -0.05) is 17.7 Å². The number of rotatable bonds is 5. The smallest absolute Gasteiger partial charge is 0.421 e. The molecule has 0 atom stereocenters. The Kier molecular flexibility index (Phi) is 4.69. The second kappa shape index (κ2) is 5.83. The van der Waals surface area contributed by atoms with Crippen LogP contribution >= 0.6 is 0 Å². The van der Waals surface area contributed by atoms with E-state index >= 15 is 0 Å². The first-order chi connectivity index (χ1) is 8.39. The van der Waals surface area contributed by atoms with E-state index in [1.54, 1.807) is 12.1 Å². The fourth-order valence-corrected chi connectivity index (χ4v) is 2.59. The van der Waals surface area contributed by atoms with Crippen molar-refractivity contribution in [1.82, 2.24) is 4.31 Å². The maximum atomic E-state index is 12.1. The molecule has 0 fully saturated rings. The van der Waals surface area contributed by atoms with Gasteiger partial charge in [0, 0.05) is 7.11 Å². The second-order valence-electron chi connectivity index (χ2n) is 3.67. The highest BCUT2D eigenvalue weighted by Gasteiger charge is 2.28. The number of nitrogens with zero attached hydrogens (tertiary/aromatic N) is 1. The van der Waals surface area contributed by atoms with Gasteiger partial charge in [0.25, 0.3) is 10.0 Å². The Morgan fingerprint density at radius 3 is 2.33 bits per heavy atom. The number of carbonyl (C=O) groups is 1. The normalized spacial score (nSPS) is 11.2. The van der Waals surface area contributed by atoms with Gasteiger partial charge in [0.1, 0.15) is 0 Å². The van der Waals surface area contributed by atoms with Gasteiger partial charge in [-0.2, -0.15) is 4.31 Å². The van der Waals surface area contributed by atoms with Crippen LogP contribution in [0, 0.1) is 6.92 Å². The fourth-order valence-electron chi connectivity index (χ4n) is 1.33. The molecule has 0 aliphatic rings. The van der Waals surface area contributed by atoms with Gasteiger partial charge in [-0.3, -0.25) is 0 Å². The molecule has 1 rings (SSSR count). The molecule has 0 aliphatic heterocycles. The molecule has 0 saturated heterocycles. The molecule has 0 bridgehead atoms. The molecule has 1 N–H and O–H groups in total. The number of sulfonamides is 1. The number of ether oxygens (including phenoxy) is 1. The minimum Gasteiger partial charge on any atom is -0.464 e. The fraction of sp³-hybridized carbons (Fsp3) is 0.364. The molecule has 100 valence electrons. The summed E-state index contributed by atoms with van der Waals surface area (Å²) < 4.78 is 29.2. The van der Waals surface area contributed by atoms with E-state index in [1.807, 2.05) is 6.92 Å². The second-order valence-corrected chi connectivity index (χ2v) is 5.53. The van der Waals surface area contributed by atoms with Crippen molar-refractivity contribution in [3.8, 4) is 0 Å². The standard InChI is InChI=1S/C11H15NO5S/c1-9-3-5-10(6-4-9)18(15,16)12(11(13)14)7-8-17-2/h3-6H,7-8H2,1-2H3,(H,13,14). The zero-order valence-corrected chi connectivity index (χ0v) is 11.0. The molecule has 7 heteroatoms. The molecule has 0 spiro atoms. The molecule has 0 unspecified atom stereocenters. The van der Waals surface area contributed by atoms with Gasteiger partial charge >= 0.3 is 6.09 Å². The molecule has 1 aromatic carbocycles. The van der Waals surface area contributed by atoms with Crippen LogP contribution in [0.5, 0.6) is 0 Å². The van der Waals surface area contributed by atoms with Crippen molar-refractivity contribution in [1.29, 1.82) is 0 Å². The van der Waals surface area contributed by atoms with Gasteiger partial charge in [0.05, 0.1) is 18.0 Å². The van der Waals surface area contributed by atoms with Crippen molar-refractivity contribution in [3.05, 3.63) is 29.8 Å². The van der Waals surface area contributed by atoms with E-state index < -0.39 is 16.1 Å². The molecule has 0 radical (unpaired) electrons. The van der Waals surface area contributed by atoms with Gasteiger partial charge in [-0.05, 0) is 19.1 Å². The lowest BCUT2D eigenvalue weighted by molar-refractivity contribution is 0.148. The van der Waals surface area contributed by atoms with E-state index in [-0.39, 0.29) is 18.0 Å². The van der Waals surface area contributed by atoms with Crippen LogP contribution < -0.4 is 0 Å². The number of hydrogen-bond donors (Lipinski definition) is 1. The predicted molar refractivity (Wildman–Crippen MR) is 65.0 cm³/mol. The van der Waals surface area contributed by atoms with Gasteiger partial charge in [-0.15, -0.1) is 0 Å². The van der Waals surface area contributed by atoms with Gasteiger partial charge < -0.3 is 9.84 Å². The van der Waals surface area contributed by atoms with Crippen LogP contribution in [0.1, 0.15) is 5.56 Å². The highest BCUT2D eigenvalue weighted by atomic mass is 32.2. The molecule has 1 aromatic rings. The lowest BCUT2D eigenvalue weighted by Gasteiger charge is -2.18. The monoisotopic (exact) mass is 273 g/mol. The van der Waals surface area contributed by atoms with Crippen LogP contribution in [0.2, 0.25) is 0 Å². The predicted octanol–water partition coefficient (Wildman–Crippen LogP) is 1.31. The first-order valence-corrected chi connectivity index (χ1v) is 6.65. The summed E-state index contributed by atoms with van der Waals surface area (Å²) >= 11 is 0. The summed E-state index contributed by atoms with van der Waals surface area (Å²) in [4.78, 5) is 10.9. The first-order valence-electron chi connectivity index (χ1n) is 5.21. The van der Waals surface area contributed by atoms with E-state index in [2.05, 4.69) is 0 Å². The van der Waals surface area contributed by atoms with Gasteiger partial charge in [0.2, 0.25) is 0 Å². The Labute approximate surface area is 106 Å². The Bertz CT molecular complexity index is 509. The topological polar surface area (TPSA) is 83.9 Å². The SMILES string of the molecule is COCCN(C(=O)O)S(=O)(=O)c1ccc(C)cc1. The van der Waals surface area contributed by atoms with Crippen molar-refractivity contribution in [3.63, 3.8) is 0 Å². The van der Waals surface area contributed by atoms with Crippen LogP contribution in [-0.4, -0.2) is 44.2 Å². The van der Waals surface area contributed by atoms with Crippen LogP contribution in [0.25, 0.3) is 0 Å². The summed E-state index contributed by atoms with van der Waals surface area (Å²) in [5.41, 5.74) is 0.896. The molecule has 0 aliphatic carbocycles. The number of carboxylic acid groups (broad SMARTS) is 1. The Morgan fingerprint density at radius 2 is 1.89 bits per heavy atom. The third-order valence-electron chi connectivity index (χ3n) is 2.32. The van der Waals surface area contributed by atoms with Gasteiger partial charge in [0.15, 0.2) is 0 Å². The third kappa shape index (κ3) is 3.21. The summed E-state index contributed by atoms with van der Waals surface area (Å²) in [6.07, 6.45) is -1.52. The van der Waals surface area contributed by atoms with Crippen molar-refractivity contribution in [2.75, 3.05) is 20.3 Å². The molecule has 0 saturated carbocycles. The number of amides is 1. The van der Waals surface area contributed by atoms with Crippen LogP contribution in [-0.2, 0) is 14.8 Å². The minimum atomic E-state index is -4.04. The van der Waals surface area contributed by atoms with E-state index in [0.717, 1.165) is 5.56 Å². The molecule has 0 aromatic heterocycles. The minimum absolute atomic E-state index is 0.0113. The summed E-state index contributed by atoms with van der Waals surface area (Å²) in [6.45, 7) is 1.59. The van der Waals surface area contributed by atoms with Crippen LogP contribution in [0.3, 0.4) is 0 Å². The first kappa shape index (κ1) is 14.5. The Balaban J connectivity index is 3.09. The van der Waals surface area contributed by atoms with E-state index in [9.17, 15) is 13.2 Å². The van der Waals surface area contributed by atoms with Crippen molar-refractivity contribution in [2.45, 2.75) is 11.8 Å². The molecule has 0 heterocycles. The van der Waals surface area contributed by atoms with E-state index in [4.69, 9.17) is 9.84 Å². The molecule has 1 amide bonds. The highest BCUT2D eigenvalue weighted by Crippen LogP contribution is 2.16. The lowest BCUT2D eigenvalue weighted by Crippen LogP contribution is -2.38. The van der Waals surface area contributed by atoms with E-state index in [1.165, 1.54) is 19.2 Å². The number of aryl methyl sites for hydroxylation is 1. The number of hydrogen-bond acceptors (Lipinski definition) is 4. The van der Waals surface area contributed by atoms with Crippen LogP contribution in [0.15, 0.2) is 29.2 Å². The summed E-state index contributed by atoms with van der Waals surface area (Å²) in [6, 6.07) is 5.99. The van der Waals surface area contributed by atoms with E-state index in [0.29, 0.717) is 4.31 Å². The largest absolute Gasteiger partial charge is 0.464 e. The molecular weight excluding hydrogens is 258 g/mol. The maximum absolute atomic E-state index is 12.1. The summed E-state index contributed by atoms with van der Waals surface area (Å²) in [7, 11) is -2.66. The lowest BCUT2D eigenvalue weighted by atomic mass is 10.2. The summed E-state index contributed by atoms with van der Waals surface area (Å²) in [5.74, 6) is 0. The number of benzene rings is 1. The molecular formula is C11H15NO5S. The number of methoxy groups -OCH3 is 1. The van der Waals surface area contributed by atoms with Crippen molar-refractivity contribution < 1.29 is 23.1 Å². The average molecular weight is 273 g/mol. The van der Waals surface area contributed by atoms with Gasteiger partial charge in [-0.25, -0.2) is 13.2 Å². The molecule has 18 heavy (non-hydrogen) atoms. The zero-order chi connectivity index (χ0) is 13.8. The average Bonchev–Trinajstić information content (AvgIpc) is 2.29. The Hall–Kier alpha value is -1.60. The Morgan fingerprint density at radius 1 is 1.33 bits per heavy atom. The highest BCUT2D eigenvalue weighted by molar-refractivity contribution is 7.89. The third-order valence-corrected chi connectivity index (χ3v) is 4.11. The maximum Gasteiger partial charge on any atom is 0.421 e. The quantitative estimate of drug-likeness (QED) is 0.874.